The Kier molecular flexibility index (Phi) is 36.1. The number of carbonyl (C=O) groups excluding carboxylic acids is 2. The average molecular weight is 571 g/mol. The molecule has 0 aromatic rings. The van der Waals surface area contributed by atoms with Crippen LogP contribution in [0.4, 0.5) is 0 Å². The maximum Gasteiger partial charge on any atom is 0.306 e. The van der Waals surface area contributed by atoms with Crippen LogP contribution in [0.5, 0.6) is 0 Å². The fourth-order valence-corrected chi connectivity index (χ4v) is 4.93. The number of rotatable bonds is 28. The first kappa shape index (κ1) is 40.2. The van der Waals surface area contributed by atoms with E-state index in [0.29, 0.717) is 37.6 Å². The van der Waals surface area contributed by atoms with Gasteiger partial charge in [-0.1, -0.05) is 135 Å². The molecule has 0 saturated carbocycles. The van der Waals surface area contributed by atoms with Crippen LogP contribution in [0.1, 0.15) is 169 Å². The minimum atomic E-state index is -0.114. The van der Waals surface area contributed by atoms with Crippen LogP contribution < -0.4 is 0 Å². The molecule has 0 aliphatic rings. The maximum absolute atomic E-state index is 11.8. The van der Waals surface area contributed by atoms with E-state index in [-0.39, 0.29) is 11.9 Å². The van der Waals surface area contributed by atoms with E-state index < -0.39 is 0 Å². The minimum Gasteiger partial charge on any atom is -0.466 e. The van der Waals surface area contributed by atoms with Crippen molar-refractivity contribution in [3.05, 3.63) is 12.2 Å². The van der Waals surface area contributed by atoms with Crippen LogP contribution in [-0.2, 0) is 19.1 Å². The summed E-state index contributed by atoms with van der Waals surface area (Å²) in [6.07, 6.45) is 26.5. The lowest BCUT2D eigenvalue weighted by Gasteiger charge is -2.06. The lowest BCUT2D eigenvalue weighted by atomic mass is 10.1. The summed E-state index contributed by atoms with van der Waals surface area (Å²) in [4.78, 5) is 23.6. The summed E-state index contributed by atoms with van der Waals surface area (Å²) in [5.41, 5.74) is 1.17. The van der Waals surface area contributed by atoms with Crippen LogP contribution in [0.15, 0.2) is 12.2 Å². The van der Waals surface area contributed by atoms with Crippen molar-refractivity contribution >= 4 is 23.7 Å². The molecule has 0 saturated heterocycles. The maximum atomic E-state index is 11.8. The largest absolute Gasteiger partial charge is 0.466 e. The number of hydrogen-bond acceptors (Lipinski definition) is 5. The Morgan fingerprint density at radius 2 is 0.769 bits per heavy atom. The highest BCUT2D eigenvalue weighted by atomic mass is 32.2. The van der Waals surface area contributed by atoms with Crippen LogP contribution in [0.25, 0.3) is 0 Å². The molecule has 0 aliphatic carbocycles. The van der Waals surface area contributed by atoms with Crippen LogP contribution in [0.2, 0.25) is 0 Å². The first-order valence-electron chi connectivity index (χ1n) is 16.4. The second-order valence-corrected chi connectivity index (χ2v) is 12.3. The molecule has 0 heterocycles. The zero-order chi connectivity index (χ0) is 29.2. The first-order valence-corrected chi connectivity index (χ1v) is 17.6. The third kappa shape index (κ3) is 41.7. The lowest BCUT2D eigenvalue weighted by Crippen LogP contribution is -2.09. The molecule has 0 spiro atoms. The van der Waals surface area contributed by atoms with Gasteiger partial charge < -0.3 is 9.47 Å². The third-order valence-electron chi connectivity index (χ3n) is 6.42. The zero-order valence-corrected chi connectivity index (χ0v) is 27.4. The Morgan fingerprint density at radius 1 is 0.513 bits per heavy atom. The predicted molar refractivity (Wildman–Crippen MR) is 173 cm³/mol. The third-order valence-corrected chi connectivity index (χ3v) is 7.41. The van der Waals surface area contributed by atoms with Gasteiger partial charge in [-0.3, -0.25) is 9.59 Å². The molecule has 0 radical (unpaired) electrons. The van der Waals surface area contributed by atoms with E-state index in [1.165, 1.54) is 108 Å². The highest BCUT2D eigenvalue weighted by Gasteiger charge is 2.06. The van der Waals surface area contributed by atoms with Gasteiger partial charge in [-0.25, -0.2) is 0 Å². The van der Waals surface area contributed by atoms with Gasteiger partial charge in [0.2, 0.25) is 0 Å². The van der Waals surface area contributed by atoms with Crippen molar-refractivity contribution in [1.82, 2.24) is 0 Å². The SMILES string of the molecule is C=C(C)C.CCCCCCCCCCCCOC(=O)CCSCCC(=O)OCCCCCCCCCCCC. The van der Waals surface area contributed by atoms with Gasteiger partial charge in [0.15, 0.2) is 0 Å². The van der Waals surface area contributed by atoms with Crippen molar-refractivity contribution < 1.29 is 19.1 Å². The molecule has 4 nitrogen and oxygen atoms in total. The number of thioether (sulfide) groups is 1. The Hall–Kier alpha value is -0.970. The zero-order valence-electron chi connectivity index (χ0n) is 26.6. The van der Waals surface area contributed by atoms with E-state index in [4.69, 9.17) is 9.47 Å². The fourth-order valence-electron chi connectivity index (χ4n) is 4.11. The van der Waals surface area contributed by atoms with Crippen LogP contribution in [0.3, 0.4) is 0 Å². The molecule has 0 aliphatic heterocycles. The summed E-state index contributed by atoms with van der Waals surface area (Å²) in [6.45, 7) is 13.1. The summed E-state index contributed by atoms with van der Waals surface area (Å²) in [5.74, 6) is 1.19. The predicted octanol–water partition coefficient (Wildman–Crippen LogP) is 11.0. The topological polar surface area (TPSA) is 52.6 Å². The molecule has 0 amide bonds. The highest BCUT2D eigenvalue weighted by Crippen LogP contribution is 2.12. The summed E-state index contributed by atoms with van der Waals surface area (Å²) >= 11 is 1.63. The van der Waals surface area contributed by atoms with E-state index in [1.54, 1.807) is 11.8 Å². The van der Waals surface area contributed by atoms with Gasteiger partial charge in [-0.05, 0) is 26.7 Å². The van der Waals surface area contributed by atoms with Crippen molar-refractivity contribution in [2.24, 2.45) is 0 Å². The smallest absolute Gasteiger partial charge is 0.306 e. The summed E-state index contributed by atoms with van der Waals surface area (Å²) in [7, 11) is 0. The highest BCUT2D eigenvalue weighted by molar-refractivity contribution is 7.99. The molecule has 232 valence electrons. The van der Waals surface area contributed by atoms with Gasteiger partial charge in [-0.2, -0.15) is 11.8 Å². The van der Waals surface area contributed by atoms with E-state index in [0.717, 1.165) is 25.7 Å². The number of ether oxygens (including phenoxy) is 2. The molecule has 0 aromatic carbocycles. The van der Waals surface area contributed by atoms with Crippen molar-refractivity contribution in [3.8, 4) is 0 Å². The standard InChI is InChI=1S/C30H58O4S.C4H8/c1-3-5-7-9-11-13-15-17-19-21-25-33-29(31)23-27-35-28-24-30(32)34-26-22-20-18-16-14-12-10-8-6-4-2;1-4(2)3/h3-28H2,1-2H3;1H2,2-3H3. The Balaban J connectivity index is 0. The molecule has 0 aromatic heterocycles. The van der Waals surface area contributed by atoms with E-state index >= 15 is 0 Å². The van der Waals surface area contributed by atoms with Crippen LogP contribution in [0, 0.1) is 0 Å². The quantitative estimate of drug-likeness (QED) is 0.0532. The first-order chi connectivity index (χ1) is 18.9. The second kappa shape index (κ2) is 35.1. The Labute approximate surface area is 248 Å². The Bertz CT molecular complexity index is 491. The van der Waals surface area contributed by atoms with E-state index in [2.05, 4.69) is 20.4 Å². The number of unbranched alkanes of at least 4 members (excludes halogenated alkanes) is 18. The minimum absolute atomic E-state index is 0.114. The Morgan fingerprint density at radius 3 is 1.05 bits per heavy atom. The summed E-state index contributed by atoms with van der Waals surface area (Å²) in [6, 6.07) is 0. The van der Waals surface area contributed by atoms with Crippen molar-refractivity contribution in [1.29, 1.82) is 0 Å². The molecule has 0 fully saturated rings. The van der Waals surface area contributed by atoms with Gasteiger partial charge >= 0.3 is 11.9 Å². The number of allylic oxidation sites excluding steroid dienone is 1. The molecule has 39 heavy (non-hydrogen) atoms. The van der Waals surface area contributed by atoms with Crippen molar-refractivity contribution in [2.45, 2.75) is 169 Å². The summed E-state index contributed by atoms with van der Waals surface area (Å²) in [5, 5.41) is 0. The molecular weight excluding hydrogens is 504 g/mol. The molecule has 0 N–H and O–H groups in total. The monoisotopic (exact) mass is 570 g/mol. The molecule has 0 bridgehead atoms. The molecule has 0 unspecified atom stereocenters. The van der Waals surface area contributed by atoms with Crippen molar-refractivity contribution in [3.63, 3.8) is 0 Å². The van der Waals surface area contributed by atoms with Crippen LogP contribution >= 0.6 is 11.8 Å². The van der Waals surface area contributed by atoms with E-state index in [9.17, 15) is 9.59 Å². The summed E-state index contributed by atoms with van der Waals surface area (Å²) < 4.78 is 10.6. The second-order valence-electron chi connectivity index (χ2n) is 11.1. The van der Waals surface area contributed by atoms with Gasteiger partial charge in [0.05, 0.1) is 26.1 Å². The van der Waals surface area contributed by atoms with Gasteiger partial charge in [0, 0.05) is 11.5 Å². The van der Waals surface area contributed by atoms with Gasteiger partial charge in [0.1, 0.15) is 0 Å². The van der Waals surface area contributed by atoms with Crippen molar-refractivity contribution in [2.75, 3.05) is 24.7 Å². The molecule has 0 atom stereocenters. The number of carbonyl (C=O) groups is 2. The van der Waals surface area contributed by atoms with Gasteiger partial charge in [-0.15, -0.1) is 6.58 Å². The average Bonchev–Trinajstić information content (AvgIpc) is 2.90. The molecular formula is C34H66O4S. The normalized spacial score (nSPS) is 10.6. The fraction of sp³-hybridized carbons (Fsp3) is 0.882. The van der Waals surface area contributed by atoms with Gasteiger partial charge in [0.25, 0.3) is 0 Å². The number of hydrogen-bond donors (Lipinski definition) is 0. The van der Waals surface area contributed by atoms with Crippen LogP contribution in [-0.4, -0.2) is 36.7 Å². The lowest BCUT2D eigenvalue weighted by molar-refractivity contribution is -0.144. The molecule has 5 heteroatoms. The van der Waals surface area contributed by atoms with E-state index in [1.807, 2.05) is 13.8 Å². The molecule has 0 rings (SSSR count). The number of esters is 2.